The van der Waals surface area contributed by atoms with Gasteiger partial charge in [-0.05, 0) is 38.2 Å². The maximum atomic E-state index is 10.2. The van der Waals surface area contributed by atoms with Crippen LogP contribution in [0.4, 0.5) is 0 Å². The van der Waals surface area contributed by atoms with Gasteiger partial charge in [-0.1, -0.05) is 6.92 Å². The SMILES string of the molecule is CCC(C)n1ccc(CC(O)C(OC)C2CC2)n1. The van der Waals surface area contributed by atoms with Crippen molar-refractivity contribution in [2.75, 3.05) is 7.11 Å². The molecule has 1 aromatic heterocycles. The number of rotatable bonds is 7. The Labute approximate surface area is 109 Å². The number of nitrogens with zero attached hydrogens (tertiary/aromatic N) is 2. The van der Waals surface area contributed by atoms with Crippen LogP contribution in [0.15, 0.2) is 12.3 Å². The lowest BCUT2D eigenvalue weighted by atomic mass is 10.0. The van der Waals surface area contributed by atoms with E-state index in [2.05, 4.69) is 18.9 Å². The Balaban J connectivity index is 1.93. The molecule has 4 heteroatoms. The summed E-state index contributed by atoms with van der Waals surface area (Å²) in [5.41, 5.74) is 0.950. The average Bonchev–Trinajstić information content (AvgIpc) is 3.08. The van der Waals surface area contributed by atoms with E-state index in [-0.39, 0.29) is 6.10 Å². The molecule has 4 nitrogen and oxygen atoms in total. The van der Waals surface area contributed by atoms with E-state index < -0.39 is 6.10 Å². The van der Waals surface area contributed by atoms with Gasteiger partial charge in [-0.3, -0.25) is 4.68 Å². The van der Waals surface area contributed by atoms with Gasteiger partial charge in [-0.25, -0.2) is 0 Å². The Hall–Kier alpha value is -0.870. The van der Waals surface area contributed by atoms with Gasteiger partial charge in [-0.15, -0.1) is 0 Å². The molecule has 3 unspecified atom stereocenters. The lowest BCUT2D eigenvalue weighted by Crippen LogP contribution is -2.32. The summed E-state index contributed by atoms with van der Waals surface area (Å²) in [4.78, 5) is 0. The van der Waals surface area contributed by atoms with E-state index >= 15 is 0 Å². The summed E-state index contributed by atoms with van der Waals surface area (Å²) >= 11 is 0. The van der Waals surface area contributed by atoms with Crippen molar-refractivity contribution in [1.82, 2.24) is 9.78 Å². The second kappa shape index (κ2) is 5.85. The number of ether oxygens (including phenoxy) is 1. The molecule has 18 heavy (non-hydrogen) atoms. The zero-order valence-electron chi connectivity index (χ0n) is 11.5. The molecule has 1 aromatic rings. The van der Waals surface area contributed by atoms with Gasteiger partial charge < -0.3 is 9.84 Å². The van der Waals surface area contributed by atoms with Gasteiger partial charge in [0.1, 0.15) is 0 Å². The highest BCUT2D eigenvalue weighted by Crippen LogP contribution is 2.36. The lowest BCUT2D eigenvalue weighted by Gasteiger charge is -2.20. The van der Waals surface area contributed by atoms with Gasteiger partial charge in [0.25, 0.3) is 0 Å². The largest absolute Gasteiger partial charge is 0.390 e. The Morgan fingerprint density at radius 2 is 2.28 bits per heavy atom. The molecule has 0 saturated heterocycles. The van der Waals surface area contributed by atoms with Crippen molar-refractivity contribution in [3.63, 3.8) is 0 Å². The minimum Gasteiger partial charge on any atom is -0.390 e. The fourth-order valence-corrected chi connectivity index (χ4v) is 2.34. The smallest absolute Gasteiger partial charge is 0.0862 e. The number of hydrogen-bond donors (Lipinski definition) is 1. The molecular weight excluding hydrogens is 228 g/mol. The Kier molecular flexibility index (Phi) is 4.40. The van der Waals surface area contributed by atoms with Crippen molar-refractivity contribution in [2.24, 2.45) is 5.92 Å². The molecule has 1 aliphatic carbocycles. The van der Waals surface area contributed by atoms with Crippen LogP contribution in [0.2, 0.25) is 0 Å². The van der Waals surface area contributed by atoms with Gasteiger partial charge in [0.05, 0.1) is 17.9 Å². The van der Waals surface area contributed by atoms with Crippen molar-refractivity contribution in [3.05, 3.63) is 18.0 Å². The normalized spacial score (nSPS) is 20.7. The van der Waals surface area contributed by atoms with Gasteiger partial charge in [0.2, 0.25) is 0 Å². The quantitative estimate of drug-likeness (QED) is 0.809. The minimum atomic E-state index is -0.442. The topological polar surface area (TPSA) is 47.3 Å². The highest BCUT2D eigenvalue weighted by molar-refractivity contribution is 5.03. The van der Waals surface area contributed by atoms with Crippen molar-refractivity contribution in [2.45, 2.75) is 57.8 Å². The molecule has 1 aliphatic rings. The summed E-state index contributed by atoms with van der Waals surface area (Å²) in [5, 5.41) is 14.7. The molecule has 0 bridgehead atoms. The average molecular weight is 252 g/mol. The predicted molar refractivity (Wildman–Crippen MR) is 70.5 cm³/mol. The third kappa shape index (κ3) is 3.12. The third-order valence-corrected chi connectivity index (χ3v) is 3.86. The third-order valence-electron chi connectivity index (χ3n) is 3.86. The van der Waals surface area contributed by atoms with Crippen LogP contribution in [-0.2, 0) is 11.2 Å². The fourth-order valence-electron chi connectivity index (χ4n) is 2.34. The minimum absolute atomic E-state index is 0.0289. The number of hydrogen-bond acceptors (Lipinski definition) is 3. The summed E-state index contributed by atoms with van der Waals surface area (Å²) in [6.07, 6.45) is 5.52. The van der Waals surface area contributed by atoms with E-state index in [9.17, 15) is 5.11 Å². The monoisotopic (exact) mass is 252 g/mol. The standard InChI is InChI=1S/C14H24N2O2/c1-4-10(2)16-8-7-12(15-16)9-13(17)14(18-3)11-5-6-11/h7-8,10-11,13-14,17H,4-6,9H2,1-3H3. The van der Waals surface area contributed by atoms with E-state index in [0.29, 0.717) is 18.4 Å². The van der Waals surface area contributed by atoms with Crippen molar-refractivity contribution in [1.29, 1.82) is 0 Å². The van der Waals surface area contributed by atoms with Crippen molar-refractivity contribution >= 4 is 0 Å². The van der Waals surface area contributed by atoms with E-state index in [1.807, 2.05) is 16.9 Å². The van der Waals surface area contributed by atoms with Crippen molar-refractivity contribution < 1.29 is 9.84 Å². The van der Waals surface area contributed by atoms with Crippen LogP contribution in [0.25, 0.3) is 0 Å². The second-order valence-electron chi connectivity index (χ2n) is 5.35. The van der Waals surface area contributed by atoms with Gasteiger partial charge in [-0.2, -0.15) is 5.10 Å². The van der Waals surface area contributed by atoms with Crippen LogP contribution in [0, 0.1) is 5.92 Å². The molecular formula is C14H24N2O2. The number of aliphatic hydroxyl groups excluding tert-OH is 1. The van der Waals surface area contributed by atoms with Crippen molar-refractivity contribution in [3.8, 4) is 0 Å². The summed E-state index contributed by atoms with van der Waals surface area (Å²) in [7, 11) is 1.68. The highest BCUT2D eigenvalue weighted by Gasteiger charge is 2.36. The van der Waals surface area contributed by atoms with Gasteiger partial charge >= 0.3 is 0 Å². The molecule has 0 radical (unpaired) electrons. The van der Waals surface area contributed by atoms with E-state index in [0.717, 1.165) is 12.1 Å². The maximum absolute atomic E-state index is 10.2. The fraction of sp³-hybridized carbons (Fsp3) is 0.786. The molecule has 1 N–H and O–H groups in total. The molecule has 0 aliphatic heterocycles. The van der Waals surface area contributed by atoms with E-state index in [1.54, 1.807) is 7.11 Å². The van der Waals surface area contributed by atoms with E-state index in [4.69, 9.17) is 4.74 Å². The maximum Gasteiger partial charge on any atom is 0.0862 e. The van der Waals surface area contributed by atoms with Gasteiger partial charge in [0, 0.05) is 25.8 Å². The summed E-state index contributed by atoms with van der Waals surface area (Å²) in [6.45, 7) is 4.30. The van der Waals surface area contributed by atoms with Crippen LogP contribution in [0.1, 0.15) is 44.8 Å². The Bertz CT molecular complexity index is 374. The van der Waals surface area contributed by atoms with Crippen LogP contribution in [0.5, 0.6) is 0 Å². The molecule has 3 atom stereocenters. The predicted octanol–water partition coefficient (Wildman–Crippen LogP) is 2.18. The first-order valence-corrected chi connectivity index (χ1v) is 6.90. The number of aliphatic hydroxyl groups is 1. The molecule has 1 saturated carbocycles. The summed E-state index contributed by atoms with van der Waals surface area (Å²) < 4.78 is 7.37. The van der Waals surface area contributed by atoms with Crippen LogP contribution < -0.4 is 0 Å². The molecule has 0 aromatic carbocycles. The number of aromatic nitrogens is 2. The number of methoxy groups -OCH3 is 1. The van der Waals surface area contributed by atoms with E-state index in [1.165, 1.54) is 12.8 Å². The van der Waals surface area contributed by atoms with Gasteiger partial charge in [0.15, 0.2) is 0 Å². The van der Waals surface area contributed by atoms with Crippen LogP contribution in [0.3, 0.4) is 0 Å². The highest BCUT2D eigenvalue weighted by atomic mass is 16.5. The first-order valence-electron chi connectivity index (χ1n) is 6.90. The molecule has 1 fully saturated rings. The van der Waals surface area contributed by atoms with Crippen LogP contribution >= 0.6 is 0 Å². The first kappa shape index (κ1) is 13.6. The Morgan fingerprint density at radius 3 is 2.83 bits per heavy atom. The molecule has 0 amide bonds. The molecule has 1 heterocycles. The second-order valence-corrected chi connectivity index (χ2v) is 5.35. The first-order chi connectivity index (χ1) is 8.65. The zero-order chi connectivity index (χ0) is 13.1. The molecule has 2 rings (SSSR count). The zero-order valence-corrected chi connectivity index (χ0v) is 11.5. The lowest BCUT2D eigenvalue weighted by molar-refractivity contribution is -0.0242. The molecule has 102 valence electrons. The summed E-state index contributed by atoms with van der Waals surface area (Å²) in [6, 6.07) is 2.41. The summed E-state index contributed by atoms with van der Waals surface area (Å²) in [5.74, 6) is 0.543. The molecule has 0 spiro atoms. The van der Waals surface area contributed by atoms with Crippen LogP contribution in [-0.4, -0.2) is 34.2 Å². The Morgan fingerprint density at radius 1 is 1.56 bits per heavy atom.